The van der Waals surface area contributed by atoms with Crippen molar-refractivity contribution in [2.24, 2.45) is 7.05 Å². The highest BCUT2D eigenvalue weighted by Gasteiger charge is 2.19. The fourth-order valence-electron chi connectivity index (χ4n) is 2.71. The molecule has 0 spiro atoms. The molecule has 26 heavy (non-hydrogen) atoms. The molecule has 0 saturated heterocycles. The van der Waals surface area contributed by atoms with Crippen molar-refractivity contribution in [3.63, 3.8) is 0 Å². The fourth-order valence-corrected chi connectivity index (χ4v) is 3.73. The van der Waals surface area contributed by atoms with Crippen LogP contribution in [-0.4, -0.2) is 24.0 Å². The highest BCUT2D eigenvalue weighted by molar-refractivity contribution is 7.98. The predicted molar refractivity (Wildman–Crippen MR) is 98.5 cm³/mol. The lowest BCUT2D eigenvalue weighted by Crippen LogP contribution is -2.29. The summed E-state index contributed by atoms with van der Waals surface area (Å²) < 4.78 is 3.05. The number of nitrogens with zero attached hydrogens (tertiary/aromatic N) is 4. The third kappa shape index (κ3) is 3.15. The third-order valence-electron chi connectivity index (χ3n) is 3.96. The number of benzene rings is 1. The van der Waals surface area contributed by atoms with E-state index in [-0.39, 0.29) is 5.69 Å². The number of hydrogen-bond acceptors (Lipinski definition) is 6. The van der Waals surface area contributed by atoms with Gasteiger partial charge in [-0.15, -0.1) is 0 Å². The number of nitrogens with one attached hydrogen (secondary N) is 1. The van der Waals surface area contributed by atoms with Gasteiger partial charge in [0.05, 0.1) is 4.92 Å². The van der Waals surface area contributed by atoms with E-state index in [1.165, 1.54) is 22.4 Å². The molecule has 3 rings (SSSR count). The first-order valence-electron chi connectivity index (χ1n) is 7.98. The quantitative estimate of drug-likeness (QED) is 0.400. The average Bonchev–Trinajstić information content (AvgIpc) is 2.97. The molecule has 0 bridgehead atoms. The van der Waals surface area contributed by atoms with Gasteiger partial charge in [-0.05, 0) is 6.42 Å². The van der Waals surface area contributed by atoms with Gasteiger partial charge in [0, 0.05) is 31.0 Å². The summed E-state index contributed by atoms with van der Waals surface area (Å²) in [6, 6.07) is 6.51. The van der Waals surface area contributed by atoms with E-state index in [4.69, 9.17) is 0 Å². The summed E-state index contributed by atoms with van der Waals surface area (Å²) in [5.41, 5.74) is 0.237. The maximum absolute atomic E-state index is 12.3. The van der Waals surface area contributed by atoms with E-state index in [9.17, 15) is 19.7 Å². The van der Waals surface area contributed by atoms with Crippen LogP contribution in [0.5, 0.6) is 0 Å². The zero-order valence-corrected chi connectivity index (χ0v) is 15.1. The van der Waals surface area contributed by atoms with Gasteiger partial charge in [0.25, 0.3) is 11.2 Å². The molecule has 0 amide bonds. The lowest BCUT2D eigenvalue weighted by Gasteiger charge is -2.07. The molecule has 9 nitrogen and oxygen atoms in total. The number of nitro groups is 1. The summed E-state index contributed by atoms with van der Waals surface area (Å²) >= 11 is 1.30. The predicted octanol–water partition coefficient (Wildman–Crippen LogP) is 2.03. The molecule has 3 aromatic rings. The fraction of sp³-hybridized carbons (Fsp3) is 0.312. The summed E-state index contributed by atoms with van der Waals surface area (Å²) in [5, 5.41) is 11.7. The Kier molecular flexibility index (Phi) is 4.94. The Bertz CT molecular complexity index is 1100. The number of nitro benzene ring substituents is 1. The highest BCUT2D eigenvalue weighted by Crippen LogP contribution is 2.29. The Morgan fingerprint density at radius 2 is 2.04 bits per heavy atom. The monoisotopic (exact) mass is 375 g/mol. The average molecular weight is 375 g/mol. The number of rotatable bonds is 6. The van der Waals surface area contributed by atoms with Crippen molar-refractivity contribution in [1.82, 2.24) is 19.1 Å². The number of fused-ring (bicyclic) bond motifs is 1. The van der Waals surface area contributed by atoms with E-state index in [2.05, 4.69) is 9.97 Å². The van der Waals surface area contributed by atoms with Crippen LogP contribution < -0.4 is 11.2 Å². The Morgan fingerprint density at radius 3 is 2.73 bits per heavy atom. The van der Waals surface area contributed by atoms with Crippen LogP contribution in [0, 0.1) is 10.1 Å². The lowest BCUT2D eigenvalue weighted by molar-refractivity contribution is -0.385. The Balaban J connectivity index is 2.06. The SMILES string of the molecule is CCCn1c(SCc2ccccc2[N+](=O)[O-])nc2c1c(=O)[nH]c(=O)n2C. The van der Waals surface area contributed by atoms with Gasteiger partial charge in [-0.1, -0.05) is 36.9 Å². The van der Waals surface area contributed by atoms with Crippen LogP contribution in [0.15, 0.2) is 39.0 Å². The number of para-hydroxylation sites is 1. The molecule has 0 aliphatic heterocycles. The molecular formula is C16H17N5O4S. The minimum Gasteiger partial charge on any atom is -0.313 e. The van der Waals surface area contributed by atoms with Gasteiger partial charge in [0.1, 0.15) is 0 Å². The normalized spacial score (nSPS) is 11.2. The van der Waals surface area contributed by atoms with Gasteiger partial charge in [0.2, 0.25) is 0 Å². The zero-order valence-electron chi connectivity index (χ0n) is 14.3. The second-order valence-electron chi connectivity index (χ2n) is 5.71. The first-order valence-corrected chi connectivity index (χ1v) is 8.97. The topological polar surface area (TPSA) is 116 Å². The smallest absolute Gasteiger partial charge is 0.313 e. The van der Waals surface area contributed by atoms with Gasteiger partial charge >= 0.3 is 5.69 Å². The second kappa shape index (κ2) is 7.16. The van der Waals surface area contributed by atoms with Crippen LogP contribution in [0.25, 0.3) is 11.2 Å². The van der Waals surface area contributed by atoms with E-state index >= 15 is 0 Å². The van der Waals surface area contributed by atoms with Crippen molar-refractivity contribution in [3.05, 3.63) is 60.8 Å². The van der Waals surface area contributed by atoms with Crippen LogP contribution in [0.4, 0.5) is 5.69 Å². The first-order chi connectivity index (χ1) is 12.4. The molecule has 1 N–H and O–H groups in total. The minimum absolute atomic E-state index is 0.0448. The minimum atomic E-state index is -0.529. The zero-order chi connectivity index (χ0) is 18.8. The summed E-state index contributed by atoms with van der Waals surface area (Å²) in [4.78, 5) is 41.5. The van der Waals surface area contributed by atoms with Crippen LogP contribution >= 0.6 is 11.8 Å². The van der Waals surface area contributed by atoms with E-state index in [1.54, 1.807) is 29.8 Å². The van der Waals surface area contributed by atoms with Gasteiger partial charge in [0.15, 0.2) is 16.3 Å². The first kappa shape index (κ1) is 17.9. The number of aromatic amines is 1. The van der Waals surface area contributed by atoms with E-state index in [1.807, 2.05) is 6.92 Å². The van der Waals surface area contributed by atoms with Crippen LogP contribution in [-0.2, 0) is 19.3 Å². The van der Waals surface area contributed by atoms with Gasteiger partial charge in [-0.2, -0.15) is 0 Å². The van der Waals surface area contributed by atoms with Crippen molar-refractivity contribution in [3.8, 4) is 0 Å². The number of aromatic nitrogens is 4. The largest absolute Gasteiger partial charge is 0.329 e. The molecule has 1 aromatic carbocycles. The molecule has 0 fully saturated rings. The Hall–Kier alpha value is -2.88. The molecule has 10 heteroatoms. The molecule has 0 saturated carbocycles. The van der Waals surface area contributed by atoms with E-state index < -0.39 is 16.2 Å². The maximum atomic E-state index is 12.3. The second-order valence-corrected chi connectivity index (χ2v) is 6.65. The number of imidazole rings is 1. The third-order valence-corrected chi connectivity index (χ3v) is 4.99. The maximum Gasteiger partial charge on any atom is 0.329 e. The standard InChI is InChI=1S/C16H17N5O4S/c1-3-8-20-12-13(19(2)15(23)18-14(12)22)17-16(20)26-9-10-6-4-5-7-11(10)21(24)25/h4-7H,3,8-9H2,1-2H3,(H,18,22,23). The van der Waals surface area contributed by atoms with E-state index in [0.29, 0.717) is 34.2 Å². The number of H-pyrrole nitrogens is 1. The van der Waals surface area contributed by atoms with Crippen LogP contribution in [0.2, 0.25) is 0 Å². The number of hydrogen-bond donors (Lipinski definition) is 1. The van der Waals surface area contributed by atoms with Gasteiger partial charge in [-0.3, -0.25) is 24.5 Å². The summed E-state index contributed by atoms with van der Waals surface area (Å²) in [6.07, 6.45) is 0.771. The molecule has 2 aromatic heterocycles. The summed E-state index contributed by atoms with van der Waals surface area (Å²) in [5.74, 6) is 0.329. The van der Waals surface area contributed by atoms with Crippen LogP contribution in [0.1, 0.15) is 18.9 Å². The summed E-state index contributed by atoms with van der Waals surface area (Å²) in [6.45, 7) is 2.52. The van der Waals surface area contributed by atoms with E-state index in [0.717, 1.165) is 6.42 Å². The Morgan fingerprint density at radius 1 is 1.31 bits per heavy atom. The highest BCUT2D eigenvalue weighted by atomic mass is 32.2. The number of aryl methyl sites for hydroxylation is 2. The number of thioether (sulfide) groups is 1. The molecule has 0 radical (unpaired) electrons. The summed E-state index contributed by atoms with van der Waals surface area (Å²) in [7, 11) is 1.54. The molecule has 0 aliphatic carbocycles. The van der Waals surface area contributed by atoms with Crippen molar-refractivity contribution in [2.45, 2.75) is 30.8 Å². The lowest BCUT2D eigenvalue weighted by atomic mass is 10.2. The molecule has 2 heterocycles. The van der Waals surface area contributed by atoms with Crippen LogP contribution in [0.3, 0.4) is 0 Å². The van der Waals surface area contributed by atoms with Crippen molar-refractivity contribution < 1.29 is 4.92 Å². The molecular weight excluding hydrogens is 358 g/mol. The molecule has 0 atom stereocenters. The van der Waals surface area contributed by atoms with Crippen molar-refractivity contribution in [1.29, 1.82) is 0 Å². The molecule has 0 aliphatic rings. The van der Waals surface area contributed by atoms with Crippen molar-refractivity contribution in [2.75, 3.05) is 0 Å². The Labute approximate surface area is 151 Å². The molecule has 136 valence electrons. The van der Waals surface area contributed by atoms with Gasteiger partial charge in [-0.25, -0.2) is 9.78 Å². The van der Waals surface area contributed by atoms with Crippen molar-refractivity contribution >= 4 is 28.6 Å². The van der Waals surface area contributed by atoms with Gasteiger partial charge < -0.3 is 4.57 Å². The molecule has 0 unspecified atom stereocenters.